The number of hydrogen-bond donors (Lipinski definition) is 1. The van der Waals surface area contributed by atoms with E-state index in [2.05, 4.69) is 12.2 Å². The minimum Gasteiger partial charge on any atom is -0.326 e. The van der Waals surface area contributed by atoms with Crippen LogP contribution in [0.5, 0.6) is 0 Å². The second-order valence-corrected chi connectivity index (χ2v) is 4.58. The molecule has 0 unspecified atom stereocenters. The van der Waals surface area contributed by atoms with Crippen LogP contribution in [-0.2, 0) is 4.79 Å². The summed E-state index contributed by atoms with van der Waals surface area (Å²) in [6, 6.07) is 5.98. The lowest BCUT2D eigenvalue weighted by Gasteiger charge is -2.07. The van der Waals surface area contributed by atoms with E-state index < -0.39 is 0 Å². The molecule has 0 aliphatic rings. The molecule has 1 aromatic carbocycles. The minimum atomic E-state index is 0.0904. The molecule has 15 heavy (non-hydrogen) atoms. The molecule has 0 aliphatic heterocycles. The van der Waals surface area contributed by atoms with Crippen molar-refractivity contribution in [3.8, 4) is 0 Å². The Morgan fingerprint density at radius 1 is 1.33 bits per heavy atom. The first-order valence-corrected chi connectivity index (χ1v) is 6.39. The third-order valence-corrected chi connectivity index (χ3v) is 2.94. The lowest BCUT2D eigenvalue weighted by atomic mass is 10.1. The second kappa shape index (κ2) is 5.81. The molecule has 0 aromatic heterocycles. The molecule has 0 atom stereocenters. The smallest absolute Gasteiger partial charge is 0.225 e. The van der Waals surface area contributed by atoms with Crippen molar-refractivity contribution in [1.82, 2.24) is 0 Å². The van der Waals surface area contributed by atoms with Gasteiger partial charge < -0.3 is 5.32 Å². The largest absolute Gasteiger partial charge is 0.326 e. The highest BCUT2D eigenvalue weighted by Gasteiger charge is 2.02. The van der Waals surface area contributed by atoms with Crippen LogP contribution in [-0.4, -0.2) is 17.9 Å². The van der Waals surface area contributed by atoms with Gasteiger partial charge in [-0.1, -0.05) is 6.07 Å². The third kappa shape index (κ3) is 3.96. The van der Waals surface area contributed by atoms with Gasteiger partial charge in [-0.25, -0.2) is 0 Å². The quantitative estimate of drug-likeness (QED) is 0.850. The second-order valence-electron chi connectivity index (χ2n) is 3.59. The van der Waals surface area contributed by atoms with Gasteiger partial charge in [-0.2, -0.15) is 11.8 Å². The van der Waals surface area contributed by atoms with E-state index in [1.807, 2.05) is 31.4 Å². The van der Waals surface area contributed by atoms with Crippen molar-refractivity contribution in [1.29, 1.82) is 0 Å². The summed E-state index contributed by atoms with van der Waals surface area (Å²) in [6.07, 6.45) is 2.58. The standard InChI is InChI=1S/C12H17NOS/c1-9-4-5-11(8-10(9)2)13-12(14)6-7-15-3/h4-5,8H,6-7H2,1-3H3,(H,13,14). The SMILES string of the molecule is CSCCC(=O)Nc1ccc(C)c(C)c1. The van der Waals surface area contributed by atoms with Crippen LogP contribution < -0.4 is 5.32 Å². The molecular formula is C12H17NOS. The predicted molar refractivity (Wildman–Crippen MR) is 67.5 cm³/mol. The molecule has 2 nitrogen and oxygen atoms in total. The van der Waals surface area contributed by atoms with E-state index in [0.717, 1.165) is 11.4 Å². The van der Waals surface area contributed by atoms with E-state index in [9.17, 15) is 4.79 Å². The molecule has 3 heteroatoms. The Labute approximate surface area is 95.5 Å². The maximum atomic E-state index is 11.4. The van der Waals surface area contributed by atoms with E-state index >= 15 is 0 Å². The van der Waals surface area contributed by atoms with Gasteiger partial charge in [0.25, 0.3) is 0 Å². The zero-order chi connectivity index (χ0) is 11.3. The van der Waals surface area contributed by atoms with Gasteiger partial charge in [0.2, 0.25) is 5.91 Å². The lowest BCUT2D eigenvalue weighted by molar-refractivity contribution is -0.115. The molecule has 0 heterocycles. The predicted octanol–water partition coefficient (Wildman–Crippen LogP) is 3.00. The number of nitrogens with one attached hydrogen (secondary N) is 1. The van der Waals surface area contributed by atoms with Crippen LogP contribution in [0.25, 0.3) is 0 Å². The molecule has 1 amide bonds. The normalized spacial score (nSPS) is 10.1. The van der Waals surface area contributed by atoms with Crippen LogP contribution >= 0.6 is 11.8 Å². The molecular weight excluding hydrogens is 206 g/mol. The number of anilines is 1. The Hall–Kier alpha value is -0.960. The lowest BCUT2D eigenvalue weighted by Crippen LogP contribution is -2.12. The summed E-state index contributed by atoms with van der Waals surface area (Å²) in [4.78, 5) is 11.4. The van der Waals surface area contributed by atoms with Crippen LogP contribution in [0, 0.1) is 13.8 Å². The number of amides is 1. The van der Waals surface area contributed by atoms with Gasteiger partial charge in [-0.05, 0) is 43.4 Å². The van der Waals surface area contributed by atoms with Crippen molar-refractivity contribution in [3.63, 3.8) is 0 Å². The molecule has 1 rings (SSSR count). The Morgan fingerprint density at radius 2 is 2.07 bits per heavy atom. The molecule has 0 saturated heterocycles. The molecule has 0 aliphatic carbocycles. The number of aryl methyl sites for hydroxylation is 2. The summed E-state index contributed by atoms with van der Waals surface area (Å²) in [5.74, 6) is 0.962. The monoisotopic (exact) mass is 223 g/mol. The Bertz CT molecular complexity index is 349. The molecule has 1 N–H and O–H groups in total. The van der Waals surface area contributed by atoms with Crippen molar-refractivity contribution >= 4 is 23.4 Å². The van der Waals surface area contributed by atoms with E-state index in [1.165, 1.54) is 11.1 Å². The van der Waals surface area contributed by atoms with Gasteiger partial charge in [0.1, 0.15) is 0 Å². The average Bonchev–Trinajstić information content (AvgIpc) is 2.20. The summed E-state index contributed by atoms with van der Waals surface area (Å²) in [6.45, 7) is 4.11. The van der Waals surface area contributed by atoms with Crippen molar-refractivity contribution in [2.24, 2.45) is 0 Å². The number of hydrogen-bond acceptors (Lipinski definition) is 2. The highest BCUT2D eigenvalue weighted by atomic mass is 32.2. The Kier molecular flexibility index (Phi) is 4.69. The highest BCUT2D eigenvalue weighted by Crippen LogP contribution is 2.14. The minimum absolute atomic E-state index is 0.0904. The topological polar surface area (TPSA) is 29.1 Å². The summed E-state index contributed by atoms with van der Waals surface area (Å²) >= 11 is 1.69. The first kappa shape index (κ1) is 12.1. The van der Waals surface area contributed by atoms with Gasteiger partial charge in [0.15, 0.2) is 0 Å². The van der Waals surface area contributed by atoms with Crippen molar-refractivity contribution in [2.45, 2.75) is 20.3 Å². The zero-order valence-corrected chi connectivity index (χ0v) is 10.3. The van der Waals surface area contributed by atoms with Gasteiger partial charge in [0.05, 0.1) is 0 Å². The summed E-state index contributed by atoms with van der Waals surface area (Å²) in [5, 5.41) is 2.89. The summed E-state index contributed by atoms with van der Waals surface area (Å²) in [7, 11) is 0. The molecule has 82 valence electrons. The zero-order valence-electron chi connectivity index (χ0n) is 9.46. The van der Waals surface area contributed by atoms with Gasteiger partial charge in [-0.15, -0.1) is 0 Å². The van der Waals surface area contributed by atoms with Crippen LogP contribution in [0.15, 0.2) is 18.2 Å². The fraction of sp³-hybridized carbons (Fsp3) is 0.417. The molecule has 0 bridgehead atoms. The van der Waals surface area contributed by atoms with E-state index in [-0.39, 0.29) is 5.91 Å². The first-order valence-electron chi connectivity index (χ1n) is 4.99. The number of carbonyl (C=O) groups is 1. The van der Waals surface area contributed by atoms with Gasteiger partial charge in [-0.3, -0.25) is 4.79 Å². The van der Waals surface area contributed by atoms with E-state index in [0.29, 0.717) is 6.42 Å². The fourth-order valence-corrected chi connectivity index (χ4v) is 1.63. The van der Waals surface area contributed by atoms with Crippen LogP contribution in [0.1, 0.15) is 17.5 Å². The number of carbonyl (C=O) groups excluding carboxylic acids is 1. The molecule has 0 fully saturated rings. The number of rotatable bonds is 4. The maximum Gasteiger partial charge on any atom is 0.225 e. The maximum absolute atomic E-state index is 11.4. The number of thioether (sulfide) groups is 1. The Balaban J connectivity index is 2.57. The van der Waals surface area contributed by atoms with Crippen molar-refractivity contribution < 1.29 is 4.79 Å². The van der Waals surface area contributed by atoms with Crippen LogP contribution in [0.2, 0.25) is 0 Å². The molecule has 0 spiro atoms. The van der Waals surface area contributed by atoms with E-state index in [1.54, 1.807) is 11.8 Å². The average molecular weight is 223 g/mol. The summed E-state index contributed by atoms with van der Waals surface area (Å²) < 4.78 is 0. The van der Waals surface area contributed by atoms with Crippen molar-refractivity contribution in [3.05, 3.63) is 29.3 Å². The Morgan fingerprint density at radius 3 is 2.67 bits per heavy atom. The molecule has 0 saturated carbocycles. The molecule has 1 aromatic rings. The number of benzene rings is 1. The van der Waals surface area contributed by atoms with Gasteiger partial charge >= 0.3 is 0 Å². The van der Waals surface area contributed by atoms with Crippen LogP contribution in [0.4, 0.5) is 5.69 Å². The highest BCUT2D eigenvalue weighted by molar-refractivity contribution is 7.98. The summed E-state index contributed by atoms with van der Waals surface area (Å²) in [5.41, 5.74) is 3.35. The molecule has 0 radical (unpaired) electrons. The first-order chi connectivity index (χ1) is 7.13. The van der Waals surface area contributed by atoms with Crippen LogP contribution in [0.3, 0.4) is 0 Å². The van der Waals surface area contributed by atoms with Gasteiger partial charge in [0, 0.05) is 17.9 Å². The fourth-order valence-electron chi connectivity index (χ4n) is 1.24. The van der Waals surface area contributed by atoms with Crippen molar-refractivity contribution in [2.75, 3.05) is 17.3 Å². The third-order valence-electron chi connectivity index (χ3n) is 2.32. The van der Waals surface area contributed by atoms with E-state index in [4.69, 9.17) is 0 Å².